The third-order valence-corrected chi connectivity index (χ3v) is 4.81. The number of nitro benzene ring substituents is 1. The molecule has 8 heteroatoms. The fraction of sp³-hybridized carbons (Fsp3) is 0.200. The second-order valence-electron chi connectivity index (χ2n) is 5.13. The maximum Gasteiger partial charge on any atom is 0.279 e. The molecule has 0 saturated carbocycles. The Kier molecular flexibility index (Phi) is 4.07. The summed E-state index contributed by atoms with van der Waals surface area (Å²) in [6, 6.07) is 7.15. The van der Waals surface area contributed by atoms with Gasteiger partial charge in [-0.05, 0) is 37.0 Å². The molecule has 0 atom stereocenters. The molecule has 2 aromatic rings. The number of carbonyl (C=O) groups excluding carboxylic acids is 2. The van der Waals surface area contributed by atoms with Crippen LogP contribution in [0.3, 0.4) is 0 Å². The Labute approximate surface area is 135 Å². The first-order valence-electron chi connectivity index (χ1n) is 7.01. The largest absolute Gasteiger partial charge is 0.279 e. The maximum atomic E-state index is 12.0. The summed E-state index contributed by atoms with van der Waals surface area (Å²) in [5, 5.41) is 10.7. The van der Waals surface area contributed by atoms with Crippen LogP contribution in [0.2, 0.25) is 0 Å². The molecule has 1 aromatic carbocycles. The predicted molar refractivity (Wildman–Crippen MR) is 84.4 cm³/mol. The number of fused-ring (bicyclic) bond motifs is 1. The standard InChI is InChI=1S/C15H13N3O4S/c19-14(10-4-1-5-11(7-10)18(21)22)16-17-15(20)13-8-9-3-2-6-12(9)23-13/h1,4-5,7-8H,2-3,6H2,(H,16,19)(H,17,20). The number of rotatable bonds is 3. The van der Waals surface area contributed by atoms with Gasteiger partial charge in [-0.3, -0.25) is 30.6 Å². The van der Waals surface area contributed by atoms with Gasteiger partial charge in [0.05, 0.1) is 9.80 Å². The second kappa shape index (κ2) is 6.17. The average Bonchev–Trinajstić information content (AvgIpc) is 3.14. The fourth-order valence-electron chi connectivity index (χ4n) is 2.45. The van der Waals surface area contributed by atoms with E-state index in [-0.39, 0.29) is 17.2 Å². The first kappa shape index (κ1) is 15.2. The molecule has 0 bridgehead atoms. The highest BCUT2D eigenvalue weighted by atomic mass is 32.1. The van der Waals surface area contributed by atoms with Crippen LogP contribution < -0.4 is 10.9 Å². The Morgan fingerprint density at radius 1 is 1.13 bits per heavy atom. The van der Waals surface area contributed by atoms with Crippen LogP contribution in [-0.2, 0) is 12.8 Å². The Hall–Kier alpha value is -2.74. The summed E-state index contributed by atoms with van der Waals surface area (Å²) in [4.78, 5) is 35.9. The van der Waals surface area contributed by atoms with Crippen LogP contribution in [0.1, 0.15) is 36.9 Å². The number of amides is 2. The first-order chi connectivity index (χ1) is 11.0. The Bertz CT molecular complexity index is 778. The monoisotopic (exact) mass is 331 g/mol. The van der Waals surface area contributed by atoms with Crippen LogP contribution in [0, 0.1) is 10.1 Å². The zero-order valence-corrected chi connectivity index (χ0v) is 12.8. The van der Waals surface area contributed by atoms with Crippen molar-refractivity contribution in [1.82, 2.24) is 10.9 Å². The van der Waals surface area contributed by atoms with Crippen LogP contribution in [-0.4, -0.2) is 16.7 Å². The minimum Gasteiger partial charge on any atom is -0.267 e. The molecule has 0 aliphatic heterocycles. The number of hydrogen-bond acceptors (Lipinski definition) is 5. The van der Waals surface area contributed by atoms with Crippen LogP contribution in [0.15, 0.2) is 30.3 Å². The van der Waals surface area contributed by atoms with E-state index in [2.05, 4.69) is 10.9 Å². The van der Waals surface area contributed by atoms with Gasteiger partial charge < -0.3 is 0 Å². The van der Waals surface area contributed by atoms with Gasteiger partial charge in [0.15, 0.2) is 0 Å². The number of aryl methyl sites for hydroxylation is 2. The van der Waals surface area contributed by atoms with Crippen LogP contribution in [0.5, 0.6) is 0 Å². The lowest BCUT2D eigenvalue weighted by Crippen LogP contribution is -2.41. The molecule has 7 nitrogen and oxygen atoms in total. The molecular formula is C15H13N3O4S. The lowest BCUT2D eigenvalue weighted by Gasteiger charge is -2.06. The van der Waals surface area contributed by atoms with Gasteiger partial charge in [-0.1, -0.05) is 6.07 Å². The van der Waals surface area contributed by atoms with Crippen molar-refractivity contribution in [3.05, 3.63) is 61.3 Å². The van der Waals surface area contributed by atoms with E-state index in [0.717, 1.165) is 25.3 Å². The number of hydrazine groups is 1. The highest BCUT2D eigenvalue weighted by Gasteiger charge is 2.19. The quantitative estimate of drug-likeness (QED) is 0.665. The highest BCUT2D eigenvalue weighted by Crippen LogP contribution is 2.30. The normalized spacial score (nSPS) is 12.5. The molecular weight excluding hydrogens is 318 g/mol. The summed E-state index contributed by atoms with van der Waals surface area (Å²) in [7, 11) is 0. The Balaban J connectivity index is 1.63. The zero-order chi connectivity index (χ0) is 16.4. The van der Waals surface area contributed by atoms with E-state index in [1.165, 1.54) is 40.0 Å². The minimum atomic E-state index is -0.605. The van der Waals surface area contributed by atoms with E-state index < -0.39 is 10.8 Å². The molecule has 1 aromatic heterocycles. The SMILES string of the molecule is O=C(NNC(=O)c1cc2c(s1)CCC2)c1cccc([N+](=O)[O-])c1. The van der Waals surface area contributed by atoms with E-state index >= 15 is 0 Å². The summed E-state index contributed by atoms with van der Waals surface area (Å²) < 4.78 is 0. The number of nitrogens with one attached hydrogen (secondary N) is 2. The van der Waals surface area contributed by atoms with Crippen molar-refractivity contribution in [2.75, 3.05) is 0 Å². The number of nitro groups is 1. The van der Waals surface area contributed by atoms with Crippen molar-refractivity contribution in [3.63, 3.8) is 0 Å². The molecule has 23 heavy (non-hydrogen) atoms. The number of thiophene rings is 1. The van der Waals surface area contributed by atoms with Gasteiger partial charge in [0.1, 0.15) is 0 Å². The Morgan fingerprint density at radius 2 is 1.91 bits per heavy atom. The second-order valence-corrected chi connectivity index (χ2v) is 6.27. The summed E-state index contributed by atoms with van der Waals surface area (Å²) in [6.07, 6.45) is 3.10. The molecule has 1 heterocycles. The molecule has 0 saturated heterocycles. The smallest absolute Gasteiger partial charge is 0.267 e. The van der Waals surface area contributed by atoms with Gasteiger partial charge in [0.25, 0.3) is 17.5 Å². The third kappa shape index (κ3) is 3.21. The van der Waals surface area contributed by atoms with Gasteiger partial charge in [-0.15, -0.1) is 11.3 Å². The third-order valence-electron chi connectivity index (χ3n) is 3.58. The molecule has 0 fully saturated rings. The van der Waals surface area contributed by atoms with E-state index in [0.29, 0.717) is 4.88 Å². The molecule has 2 amide bonds. The summed E-state index contributed by atoms with van der Waals surface area (Å²) in [5.41, 5.74) is 5.73. The molecule has 0 spiro atoms. The maximum absolute atomic E-state index is 12.0. The summed E-state index contributed by atoms with van der Waals surface area (Å²) >= 11 is 1.43. The number of hydrogen-bond donors (Lipinski definition) is 2. The van der Waals surface area contributed by atoms with Crippen LogP contribution in [0.4, 0.5) is 5.69 Å². The molecule has 2 N–H and O–H groups in total. The van der Waals surface area contributed by atoms with E-state index in [1.54, 1.807) is 0 Å². The summed E-state index contributed by atoms with van der Waals surface area (Å²) in [5.74, 6) is -0.991. The molecule has 118 valence electrons. The number of benzene rings is 1. The molecule has 0 unspecified atom stereocenters. The Morgan fingerprint density at radius 3 is 2.65 bits per heavy atom. The number of nitrogens with zero attached hydrogens (tertiary/aromatic N) is 1. The lowest BCUT2D eigenvalue weighted by atomic mass is 10.2. The molecule has 3 rings (SSSR count). The topological polar surface area (TPSA) is 101 Å². The number of non-ortho nitro benzene ring substituents is 1. The van der Waals surface area contributed by atoms with Crippen molar-refractivity contribution in [3.8, 4) is 0 Å². The van der Waals surface area contributed by atoms with Gasteiger partial charge >= 0.3 is 0 Å². The van der Waals surface area contributed by atoms with Gasteiger partial charge in [0.2, 0.25) is 0 Å². The van der Waals surface area contributed by atoms with E-state index in [4.69, 9.17) is 0 Å². The predicted octanol–water partition coefficient (Wildman–Crippen LogP) is 2.22. The summed E-state index contributed by atoms with van der Waals surface area (Å²) in [6.45, 7) is 0. The van der Waals surface area contributed by atoms with Crippen molar-refractivity contribution in [2.45, 2.75) is 19.3 Å². The van der Waals surface area contributed by atoms with Crippen molar-refractivity contribution in [2.24, 2.45) is 0 Å². The fourth-order valence-corrected chi connectivity index (χ4v) is 3.60. The van der Waals surface area contributed by atoms with Gasteiger partial charge in [-0.2, -0.15) is 0 Å². The van der Waals surface area contributed by atoms with Crippen molar-refractivity contribution >= 4 is 28.8 Å². The van der Waals surface area contributed by atoms with Crippen molar-refractivity contribution in [1.29, 1.82) is 0 Å². The first-order valence-corrected chi connectivity index (χ1v) is 7.83. The lowest BCUT2D eigenvalue weighted by molar-refractivity contribution is -0.384. The zero-order valence-electron chi connectivity index (χ0n) is 12.0. The molecule has 0 radical (unpaired) electrons. The highest BCUT2D eigenvalue weighted by molar-refractivity contribution is 7.14. The average molecular weight is 331 g/mol. The molecule has 1 aliphatic rings. The minimum absolute atomic E-state index is 0.105. The number of carbonyl (C=O) groups is 2. The van der Waals surface area contributed by atoms with E-state index in [1.807, 2.05) is 6.07 Å². The van der Waals surface area contributed by atoms with Crippen molar-refractivity contribution < 1.29 is 14.5 Å². The van der Waals surface area contributed by atoms with Gasteiger partial charge in [-0.25, -0.2) is 0 Å². The van der Waals surface area contributed by atoms with E-state index in [9.17, 15) is 19.7 Å². The van der Waals surface area contributed by atoms with Gasteiger partial charge in [0, 0.05) is 22.6 Å². The van der Waals surface area contributed by atoms with Crippen LogP contribution in [0.25, 0.3) is 0 Å². The molecule has 1 aliphatic carbocycles. The van der Waals surface area contributed by atoms with Crippen LogP contribution >= 0.6 is 11.3 Å².